The maximum absolute atomic E-state index is 12.1. The fourth-order valence-electron chi connectivity index (χ4n) is 2.98. The van der Waals surface area contributed by atoms with E-state index in [-0.39, 0.29) is 18.6 Å². The standard InChI is InChI=1S/C19H18ClNO3/c20-16-4-1-13(2-5-16)12-21-10-9-14-11-15(3-6-17(14)21)18(22)7-8-19(23)24/h1-6,11H,7-10,12H2,(H,23,24). The third-order valence-corrected chi connectivity index (χ3v) is 4.50. The van der Waals surface area contributed by atoms with Crippen LogP contribution in [-0.2, 0) is 17.8 Å². The van der Waals surface area contributed by atoms with Gasteiger partial charge in [-0.2, -0.15) is 0 Å². The fourth-order valence-corrected chi connectivity index (χ4v) is 3.11. The zero-order chi connectivity index (χ0) is 17.1. The van der Waals surface area contributed by atoms with Gasteiger partial charge in [-0.15, -0.1) is 0 Å². The van der Waals surface area contributed by atoms with Crippen molar-refractivity contribution in [2.75, 3.05) is 11.4 Å². The highest BCUT2D eigenvalue weighted by molar-refractivity contribution is 6.30. The molecule has 24 heavy (non-hydrogen) atoms. The lowest BCUT2D eigenvalue weighted by Gasteiger charge is -2.19. The van der Waals surface area contributed by atoms with E-state index in [1.54, 1.807) is 6.07 Å². The molecule has 1 aliphatic rings. The highest BCUT2D eigenvalue weighted by atomic mass is 35.5. The molecule has 0 saturated carbocycles. The number of rotatable bonds is 6. The molecule has 124 valence electrons. The van der Waals surface area contributed by atoms with Crippen LogP contribution in [0.2, 0.25) is 5.02 Å². The van der Waals surface area contributed by atoms with E-state index in [1.807, 2.05) is 36.4 Å². The number of benzene rings is 2. The summed E-state index contributed by atoms with van der Waals surface area (Å²) in [7, 11) is 0. The van der Waals surface area contributed by atoms with Crippen LogP contribution < -0.4 is 4.90 Å². The van der Waals surface area contributed by atoms with Gasteiger partial charge in [0.25, 0.3) is 0 Å². The molecule has 4 nitrogen and oxygen atoms in total. The van der Waals surface area contributed by atoms with Gasteiger partial charge in [0.2, 0.25) is 0 Å². The molecule has 0 aliphatic carbocycles. The Kier molecular flexibility index (Phi) is 4.86. The van der Waals surface area contributed by atoms with Gasteiger partial charge in [-0.05, 0) is 47.9 Å². The summed E-state index contributed by atoms with van der Waals surface area (Å²) in [6, 6.07) is 13.5. The zero-order valence-electron chi connectivity index (χ0n) is 13.2. The molecule has 0 radical (unpaired) electrons. The van der Waals surface area contributed by atoms with Gasteiger partial charge in [-0.1, -0.05) is 23.7 Å². The number of nitrogens with zero attached hydrogens (tertiary/aromatic N) is 1. The summed E-state index contributed by atoms with van der Waals surface area (Å²) in [6.07, 6.45) is 0.810. The molecule has 0 spiro atoms. The quantitative estimate of drug-likeness (QED) is 0.807. The number of carbonyl (C=O) groups is 2. The van der Waals surface area contributed by atoms with Gasteiger partial charge in [-0.25, -0.2) is 0 Å². The van der Waals surface area contributed by atoms with Crippen LogP contribution >= 0.6 is 11.6 Å². The predicted octanol–water partition coefficient (Wildman–Crippen LogP) is 3.95. The van der Waals surface area contributed by atoms with Crippen molar-refractivity contribution in [2.45, 2.75) is 25.8 Å². The van der Waals surface area contributed by atoms with Crippen LogP contribution in [0.25, 0.3) is 0 Å². The third kappa shape index (κ3) is 3.77. The molecule has 3 rings (SSSR count). The number of anilines is 1. The van der Waals surface area contributed by atoms with Gasteiger partial charge in [-0.3, -0.25) is 9.59 Å². The second kappa shape index (κ2) is 7.05. The molecule has 2 aromatic rings. The molecule has 0 bridgehead atoms. The van der Waals surface area contributed by atoms with Crippen LogP contribution in [0.4, 0.5) is 5.69 Å². The SMILES string of the molecule is O=C(O)CCC(=O)c1ccc2c(c1)CCN2Cc1ccc(Cl)cc1. The topological polar surface area (TPSA) is 57.6 Å². The summed E-state index contributed by atoms with van der Waals surface area (Å²) in [6.45, 7) is 1.71. The minimum atomic E-state index is -0.946. The van der Waals surface area contributed by atoms with Crippen molar-refractivity contribution in [3.8, 4) is 0 Å². The van der Waals surface area contributed by atoms with Gasteiger partial charge in [0, 0.05) is 35.8 Å². The maximum Gasteiger partial charge on any atom is 0.303 e. The first-order chi connectivity index (χ1) is 11.5. The monoisotopic (exact) mass is 343 g/mol. The van der Waals surface area contributed by atoms with E-state index in [0.29, 0.717) is 5.56 Å². The summed E-state index contributed by atoms with van der Waals surface area (Å²) in [5.41, 5.74) is 4.07. The van der Waals surface area contributed by atoms with Crippen LogP contribution in [0.5, 0.6) is 0 Å². The van der Waals surface area contributed by atoms with Gasteiger partial charge in [0.05, 0.1) is 6.42 Å². The summed E-state index contributed by atoms with van der Waals surface area (Å²) in [5.74, 6) is -1.06. The Morgan fingerprint density at radius 2 is 1.83 bits per heavy atom. The average molecular weight is 344 g/mol. The molecule has 0 unspecified atom stereocenters. The Morgan fingerprint density at radius 3 is 2.54 bits per heavy atom. The molecule has 0 atom stereocenters. The van der Waals surface area contributed by atoms with Crippen LogP contribution in [0, 0.1) is 0 Å². The molecule has 0 saturated heterocycles. The van der Waals surface area contributed by atoms with Crippen molar-refractivity contribution in [3.05, 3.63) is 64.2 Å². The molecule has 1 heterocycles. The second-order valence-corrected chi connectivity index (χ2v) is 6.39. The summed E-state index contributed by atoms with van der Waals surface area (Å²) >= 11 is 5.92. The van der Waals surface area contributed by atoms with Gasteiger partial charge >= 0.3 is 5.97 Å². The Morgan fingerprint density at radius 1 is 1.08 bits per heavy atom. The van der Waals surface area contributed by atoms with Crippen LogP contribution in [-0.4, -0.2) is 23.4 Å². The number of aliphatic carboxylic acids is 1. The molecular formula is C19H18ClNO3. The molecule has 5 heteroatoms. The van der Waals surface area contributed by atoms with Gasteiger partial charge in [0.1, 0.15) is 0 Å². The number of carboxylic acids is 1. The predicted molar refractivity (Wildman–Crippen MR) is 93.8 cm³/mol. The Balaban J connectivity index is 1.72. The highest BCUT2D eigenvalue weighted by Gasteiger charge is 2.20. The Hall–Kier alpha value is -2.33. The van der Waals surface area contributed by atoms with Gasteiger partial charge in [0.15, 0.2) is 5.78 Å². The number of Topliss-reactive ketones (excluding diaryl/α,β-unsaturated/α-hetero) is 1. The molecule has 0 aromatic heterocycles. The number of hydrogen-bond acceptors (Lipinski definition) is 3. The Labute approximate surface area is 145 Å². The van der Waals surface area contributed by atoms with E-state index in [1.165, 1.54) is 5.56 Å². The average Bonchev–Trinajstić information content (AvgIpc) is 2.97. The number of ketones is 1. The third-order valence-electron chi connectivity index (χ3n) is 4.25. The molecule has 1 N–H and O–H groups in total. The largest absolute Gasteiger partial charge is 0.481 e. The van der Waals surface area contributed by atoms with Crippen molar-refractivity contribution in [1.29, 1.82) is 0 Å². The minimum absolute atomic E-state index is 0.0443. The lowest BCUT2D eigenvalue weighted by Crippen LogP contribution is -2.19. The second-order valence-electron chi connectivity index (χ2n) is 5.96. The van der Waals surface area contributed by atoms with Crippen LogP contribution in [0.15, 0.2) is 42.5 Å². The van der Waals surface area contributed by atoms with Crippen LogP contribution in [0.3, 0.4) is 0 Å². The van der Waals surface area contributed by atoms with Crippen molar-refractivity contribution in [3.63, 3.8) is 0 Å². The lowest BCUT2D eigenvalue weighted by molar-refractivity contribution is -0.136. The van der Waals surface area contributed by atoms with E-state index < -0.39 is 5.97 Å². The van der Waals surface area contributed by atoms with Gasteiger partial charge < -0.3 is 10.0 Å². The summed E-state index contributed by atoms with van der Waals surface area (Å²) < 4.78 is 0. The first-order valence-electron chi connectivity index (χ1n) is 7.90. The Bertz CT molecular complexity index is 771. The van der Waals surface area contributed by atoms with E-state index in [2.05, 4.69) is 4.90 Å². The summed E-state index contributed by atoms with van der Waals surface area (Å²) in [5, 5.41) is 9.42. The van der Waals surface area contributed by atoms with Crippen molar-refractivity contribution in [2.24, 2.45) is 0 Å². The first-order valence-corrected chi connectivity index (χ1v) is 8.28. The van der Waals surface area contributed by atoms with E-state index >= 15 is 0 Å². The number of halogens is 1. The lowest BCUT2D eigenvalue weighted by atomic mass is 10.0. The fraction of sp³-hybridized carbons (Fsp3) is 0.263. The van der Waals surface area contributed by atoms with E-state index in [9.17, 15) is 9.59 Å². The zero-order valence-corrected chi connectivity index (χ0v) is 13.9. The highest BCUT2D eigenvalue weighted by Crippen LogP contribution is 2.30. The number of hydrogen-bond donors (Lipinski definition) is 1. The van der Waals surface area contributed by atoms with Crippen LogP contribution in [0.1, 0.15) is 34.3 Å². The molecule has 0 amide bonds. The maximum atomic E-state index is 12.1. The number of fused-ring (bicyclic) bond motifs is 1. The smallest absolute Gasteiger partial charge is 0.303 e. The first kappa shape index (κ1) is 16.5. The molecular weight excluding hydrogens is 326 g/mol. The molecule has 2 aromatic carbocycles. The minimum Gasteiger partial charge on any atom is -0.481 e. The van der Waals surface area contributed by atoms with E-state index in [4.69, 9.17) is 16.7 Å². The van der Waals surface area contributed by atoms with Crippen molar-refractivity contribution in [1.82, 2.24) is 0 Å². The number of carbonyl (C=O) groups excluding carboxylic acids is 1. The molecule has 1 aliphatic heterocycles. The molecule has 0 fully saturated rings. The normalized spacial score (nSPS) is 13.0. The van der Waals surface area contributed by atoms with Crippen molar-refractivity contribution < 1.29 is 14.7 Å². The summed E-state index contributed by atoms with van der Waals surface area (Å²) in [4.78, 5) is 24.9. The van der Waals surface area contributed by atoms with Crippen molar-refractivity contribution >= 4 is 29.0 Å². The number of carboxylic acid groups (broad SMARTS) is 1. The van der Waals surface area contributed by atoms with E-state index in [0.717, 1.165) is 35.8 Å².